The number of ether oxygens (including phenoxy) is 1. The van der Waals surface area contributed by atoms with Crippen LogP contribution in [-0.4, -0.2) is 50.2 Å². The van der Waals surface area contributed by atoms with Gasteiger partial charge in [-0.05, 0) is 15.9 Å². The second kappa shape index (κ2) is 5.86. The summed E-state index contributed by atoms with van der Waals surface area (Å²) in [7, 11) is 0. The number of hydrogen-bond donors (Lipinski definition) is 1. The molecule has 130 valence electrons. The first-order valence-corrected chi connectivity index (χ1v) is 8.65. The van der Waals surface area contributed by atoms with Crippen molar-refractivity contribution in [2.45, 2.75) is 26.4 Å². The highest BCUT2D eigenvalue weighted by Crippen LogP contribution is 2.45. The van der Waals surface area contributed by atoms with E-state index in [0.29, 0.717) is 34.2 Å². The van der Waals surface area contributed by atoms with Gasteiger partial charge in [-0.1, -0.05) is 32.4 Å². The summed E-state index contributed by atoms with van der Waals surface area (Å²) in [6, 6.07) is 0. The van der Waals surface area contributed by atoms with E-state index in [1.54, 1.807) is 12.4 Å². The Kier molecular flexibility index (Phi) is 4.26. The van der Waals surface area contributed by atoms with Gasteiger partial charge < -0.3 is 14.7 Å². The normalized spacial score (nSPS) is 22.1. The monoisotopic (exact) mass is 416 g/mol. The summed E-state index contributed by atoms with van der Waals surface area (Å²) in [5, 5.41) is 9.77. The van der Waals surface area contributed by atoms with Crippen LogP contribution in [0.3, 0.4) is 0 Å². The van der Waals surface area contributed by atoms with Gasteiger partial charge in [-0.25, -0.2) is 14.8 Å². The molecule has 3 rings (SSSR count). The molecule has 0 saturated carbocycles. The average molecular weight is 418 g/mol. The van der Waals surface area contributed by atoms with Gasteiger partial charge >= 0.3 is 6.09 Å². The van der Waals surface area contributed by atoms with E-state index in [2.05, 4.69) is 25.9 Å². The maximum absolute atomic E-state index is 11.5. The number of rotatable bonds is 1. The van der Waals surface area contributed by atoms with Crippen LogP contribution in [-0.2, 0) is 10.3 Å². The fourth-order valence-corrected chi connectivity index (χ4v) is 3.96. The lowest BCUT2D eigenvalue weighted by molar-refractivity contribution is -0.171. The Balaban J connectivity index is 2.25. The first-order chi connectivity index (χ1) is 11.2. The van der Waals surface area contributed by atoms with E-state index >= 15 is 0 Å². The van der Waals surface area contributed by atoms with Crippen LogP contribution in [0.2, 0.25) is 5.15 Å². The van der Waals surface area contributed by atoms with Crippen LogP contribution in [0.4, 0.5) is 4.79 Å². The van der Waals surface area contributed by atoms with Gasteiger partial charge in [0, 0.05) is 24.4 Å². The minimum absolute atomic E-state index is 0.192. The molecule has 2 aromatic rings. The number of morpholine rings is 1. The van der Waals surface area contributed by atoms with E-state index in [1.807, 2.05) is 25.2 Å². The summed E-state index contributed by atoms with van der Waals surface area (Å²) < 4.78 is 8.55. The fourth-order valence-electron chi connectivity index (χ4n) is 3.06. The van der Waals surface area contributed by atoms with Crippen molar-refractivity contribution < 1.29 is 14.6 Å². The predicted molar refractivity (Wildman–Crippen MR) is 92.4 cm³/mol. The molecule has 0 aliphatic carbocycles. The van der Waals surface area contributed by atoms with Crippen molar-refractivity contribution in [1.29, 1.82) is 0 Å². The highest BCUT2D eigenvalue weighted by atomic mass is 79.9. The molecular weight excluding hydrogens is 400 g/mol. The van der Waals surface area contributed by atoms with Crippen LogP contribution in [0, 0.1) is 5.41 Å². The number of amides is 1. The quantitative estimate of drug-likeness (QED) is 0.769. The molecule has 24 heavy (non-hydrogen) atoms. The second-order valence-corrected chi connectivity index (χ2v) is 7.90. The Bertz CT molecular complexity index is 804. The number of halogens is 2. The maximum atomic E-state index is 11.5. The van der Waals surface area contributed by atoms with Gasteiger partial charge in [0.05, 0.1) is 13.2 Å². The summed E-state index contributed by atoms with van der Waals surface area (Å²) in [5.41, 5.74) is -0.685. The summed E-state index contributed by atoms with van der Waals surface area (Å²) in [6.07, 6.45) is 2.37. The zero-order valence-electron chi connectivity index (χ0n) is 13.6. The van der Waals surface area contributed by atoms with Crippen LogP contribution in [0.15, 0.2) is 17.0 Å². The highest BCUT2D eigenvalue weighted by Gasteiger charge is 2.52. The zero-order valence-corrected chi connectivity index (χ0v) is 15.9. The minimum atomic E-state index is -0.966. The molecule has 0 bridgehead atoms. The molecule has 1 saturated heterocycles. The Morgan fingerprint density at radius 1 is 1.50 bits per heavy atom. The van der Waals surface area contributed by atoms with Crippen LogP contribution in [0.1, 0.15) is 26.6 Å². The molecule has 0 aromatic carbocycles. The molecule has 1 aliphatic rings. The van der Waals surface area contributed by atoms with E-state index in [9.17, 15) is 9.90 Å². The molecule has 1 N–H and O–H groups in total. The summed E-state index contributed by atoms with van der Waals surface area (Å²) in [5.74, 6) is 0.604. The molecule has 7 nitrogen and oxygen atoms in total. The molecule has 9 heteroatoms. The van der Waals surface area contributed by atoms with E-state index in [1.165, 1.54) is 4.90 Å². The van der Waals surface area contributed by atoms with Crippen molar-refractivity contribution in [3.05, 3.63) is 28.0 Å². The SMILES string of the molecule is CC(C)(C)[C@]1(c2nc(Br)c3c(Cl)nccn23)CN(C(=O)O)CCO1. The number of imidazole rings is 1. The molecule has 1 amide bonds. The molecule has 0 radical (unpaired) electrons. The number of hydrogen-bond acceptors (Lipinski definition) is 4. The third kappa shape index (κ3) is 2.57. The maximum Gasteiger partial charge on any atom is 0.407 e. The van der Waals surface area contributed by atoms with Crippen molar-refractivity contribution >= 4 is 39.1 Å². The number of carboxylic acid groups (broad SMARTS) is 1. The van der Waals surface area contributed by atoms with Crippen LogP contribution in [0.25, 0.3) is 5.52 Å². The molecule has 1 atom stereocenters. The largest absolute Gasteiger partial charge is 0.465 e. The fraction of sp³-hybridized carbons (Fsp3) is 0.533. The average Bonchev–Trinajstić information content (AvgIpc) is 2.85. The minimum Gasteiger partial charge on any atom is -0.465 e. The Hall–Kier alpha value is -1.38. The summed E-state index contributed by atoms with van der Waals surface area (Å²) in [4.78, 5) is 21.6. The topological polar surface area (TPSA) is 80.0 Å². The second-order valence-electron chi connectivity index (χ2n) is 6.79. The Morgan fingerprint density at radius 3 is 2.83 bits per heavy atom. The van der Waals surface area contributed by atoms with Crippen molar-refractivity contribution in [3.63, 3.8) is 0 Å². The number of fused-ring (bicyclic) bond motifs is 1. The van der Waals surface area contributed by atoms with Gasteiger partial charge in [0.2, 0.25) is 0 Å². The lowest BCUT2D eigenvalue weighted by Gasteiger charge is -2.48. The van der Waals surface area contributed by atoms with Crippen molar-refractivity contribution in [3.8, 4) is 0 Å². The molecule has 1 fully saturated rings. The van der Waals surface area contributed by atoms with Crippen molar-refractivity contribution in [2.24, 2.45) is 5.41 Å². The third-order valence-electron chi connectivity index (χ3n) is 4.43. The highest BCUT2D eigenvalue weighted by molar-refractivity contribution is 9.10. The van der Waals surface area contributed by atoms with Gasteiger partial charge in [0.25, 0.3) is 0 Å². The smallest absolute Gasteiger partial charge is 0.407 e. The van der Waals surface area contributed by atoms with Gasteiger partial charge in [0.1, 0.15) is 21.5 Å². The van der Waals surface area contributed by atoms with Gasteiger partial charge in [-0.15, -0.1) is 0 Å². The van der Waals surface area contributed by atoms with Gasteiger partial charge in [-0.3, -0.25) is 4.40 Å². The van der Waals surface area contributed by atoms with E-state index in [0.717, 1.165) is 0 Å². The molecule has 2 aromatic heterocycles. The molecule has 0 spiro atoms. The third-order valence-corrected chi connectivity index (χ3v) is 5.26. The molecule has 0 unspecified atom stereocenters. The first-order valence-electron chi connectivity index (χ1n) is 7.48. The van der Waals surface area contributed by atoms with E-state index in [-0.39, 0.29) is 6.54 Å². The standard InChI is InChI=1S/C15H18BrClN4O3/c1-14(2,3)15(8-20(13(22)23)6-7-24-15)12-19-10(16)9-11(17)18-4-5-21(9)12/h4-5H,6-8H2,1-3H3,(H,22,23)/t15-/m1/s1. The summed E-state index contributed by atoms with van der Waals surface area (Å²) >= 11 is 9.63. The number of nitrogens with zero attached hydrogens (tertiary/aromatic N) is 4. The van der Waals surface area contributed by atoms with Crippen LogP contribution >= 0.6 is 27.5 Å². The van der Waals surface area contributed by atoms with E-state index < -0.39 is 17.1 Å². The van der Waals surface area contributed by atoms with Crippen molar-refractivity contribution in [1.82, 2.24) is 19.3 Å². The number of aromatic nitrogens is 3. The lowest BCUT2D eigenvalue weighted by atomic mass is 9.74. The Morgan fingerprint density at radius 2 is 2.21 bits per heavy atom. The lowest BCUT2D eigenvalue weighted by Crippen LogP contribution is -2.58. The molecule has 1 aliphatic heterocycles. The molecular formula is C15H18BrClN4O3. The first kappa shape index (κ1) is 17.4. The van der Waals surface area contributed by atoms with Crippen LogP contribution in [0.5, 0.6) is 0 Å². The summed E-state index contributed by atoms with van der Waals surface area (Å²) in [6.45, 7) is 6.86. The van der Waals surface area contributed by atoms with Crippen molar-refractivity contribution in [2.75, 3.05) is 19.7 Å². The van der Waals surface area contributed by atoms with E-state index in [4.69, 9.17) is 16.3 Å². The van der Waals surface area contributed by atoms with Gasteiger partial charge in [-0.2, -0.15) is 0 Å². The number of carbonyl (C=O) groups is 1. The Labute approximate surface area is 152 Å². The zero-order chi connectivity index (χ0) is 17.7. The molecule has 3 heterocycles. The van der Waals surface area contributed by atoms with Gasteiger partial charge in [0.15, 0.2) is 5.15 Å². The van der Waals surface area contributed by atoms with Crippen LogP contribution < -0.4 is 0 Å². The predicted octanol–water partition coefficient (Wildman–Crippen LogP) is 3.40.